The fourth-order valence-corrected chi connectivity index (χ4v) is 3.01. The van der Waals surface area contributed by atoms with Gasteiger partial charge in [0.15, 0.2) is 0 Å². The van der Waals surface area contributed by atoms with E-state index in [1.807, 2.05) is 38.1 Å². The Morgan fingerprint density at radius 2 is 2.20 bits per heavy atom. The van der Waals surface area contributed by atoms with Gasteiger partial charge in [-0.3, -0.25) is 4.79 Å². The predicted molar refractivity (Wildman–Crippen MR) is 99.1 cm³/mol. The van der Waals surface area contributed by atoms with E-state index in [0.717, 1.165) is 42.8 Å². The highest BCUT2D eigenvalue weighted by atomic mass is 16.5. The summed E-state index contributed by atoms with van der Waals surface area (Å²) in [6, 6.07) is 9.53. The molecule has 1 atom stereocenters. The van der Waals surface area contributed by atoms with Gasteiger partial charge in [-0.15, -0.1) is 0 Å². The highest BCUT2D eigenvalue weighted by Crippen LogP contribution is 2.30. The molecular formula is C20H25N3O2. The van der Waals surface area contributed by atoms with E-state index in [4.69, 9.17) is 4.74 Å². The lowest BCUT2D eigenvalue weighted by Gasteiger charge is -2.14. The molecule has 1 aromatic heterocycles. The minimum absolute atomic E-state index is 0.00529. The van der Waals surface area contributed by atoms with Crippen LogP contribution in [0.2, 0.25) is 0 Å². The number of carbonyl (C=O) groups is 1. The van der Waals surface area contributed by atoms with Gasteiger partial charge in [0.05, 0.1) is 0 Å². The third kappa shape index (κ3) is 4.57. The van der Waals surface area contributed by atoms with Gasteiger partial charge < -0.3 is 15.4 Å². The zero-order valence-corrected chi connectivity index (χ0v) is 14.8. The Hall–Kier alpha value is -2.40. The number of nitrogens with zero attached hydrogens (tertiary/aromatic N) is 1. The van der Waals surface area contributed by atoms with Gasteiger partial charge in [0, 0.05) is 12.6 Å². The first-order valence-electron chi connectivity index (χ1n) is 8.83. The summed E-state index contributed by atoms with van der Waals surface area (Å²) in [4.78, 5) is 16.6. The number of aromatic nitrogens is 1. The number of ether oxygens (including phenoxy) is 1. The van der Waals surface area contributed by atoms with Crippen molar-refractivity contribution in [1.29, 1.82) is 0 Å². The Bertz CT molecular complexity index is 739. The molecule has 1 aliphatic heterocycles. The van der Waals surface area contributed by atoms with Gasteiger partial charge in [0.2, 0.25) is 11.8 Å². The maximum Gasteiger partial charge on any atom is 0.243 e. The fraction of sp³-hybridized carbons (Fsp3) is 0.400. The van der Waals surface area contributed by atoms with Gasteiger partial charge in [-0.2, -0.15) is 0 Å². The molecule has 0 spiro atoms. The quantitative estimate of drug-likeness (QED) is 0.840. The summed E-state index contributed by atoms with van der Waals surface area (Å²) in [6.07, 6.45) is 4.25. The van der Waals surface area contributed by atoms with Crippen molar-refractivity contribution >= 4 is 11.6 Å². The molecule has 0 radical (unpaired) electrons. The highest BCUT2D eigenvalue weighted by Gasteiger charge is 2.17. The molecular weight excluding hydrogens is 314 g/mol. The number of aryl methyl sites for hydroxylation is 1. The van der Waals surface area contributed by atoms with Gasteiger partial charge in [0.1, 0.15) is 11.4 Å². The molecule has 3 rings (SSSR count). The van der Waals surface area contributed by atoms with Crippen molar-refractivity contribution < 1.29 is 9.53 Å². The maximum absolute atomic E-state index is 12.3. The minimum atomic E-state index is 0.00529. The molecule has 1 unspecified atom stereocenters. The molecule has 0 saturated carbocycles. The summed E-state index contributed by atoms with van der Waals surface area (Å²) in [6.45, 7) is 6.13. The molecule has 5 heteroatoms. The molecule has 2 aromatic rings. The molecule has 1 aromatic carbocycles. The molecule has 1 aliphatic rings. The number of hydrogen-bond donors (Lipinski definition) is 2. The summed E-state index contributed by atoms with van der Waals surface area (Å²) in [5, 5.41) is 6.27. The maximum atomic E-state index is 12.3. The lowest BCUT2D eigenvalue weighted by atomic mass is 10.0. The number of benzene rings is 1. The Morgan fingerprint density at radius 1 is 1.32 bits per heavy atom. The first-order chi connectivity index (χ1) is 12.1. The summed E-state index contributed by atoms with van der Waals surface area (Å²) in [5.74, 6) is 1.79. The number of anilines is 1. The third-order valence-electron chi connectivity index (χ3n) is 4.75. The van der Waals surface area contributed by atoms with E-state index in [0.29, 0.717) is 23.9 Å². The zero-order chi connectivity index (χ0) is 17.6. The van der Waals surface area contributed by atoms with E-state index in [2.05, 4.69) is 15.6 Å². The Kier molecular flexibility index (Phi) is 5.66. The summed E-state index contributed by atoms with van der Waals surface area (Å²) in [7, 11) is 0. The average molecular weight is 339 g/mol. The number of rotatable bonds is 6. The van der Waals surface area contributed by atoms with Crippen LogP contribution in [0.5, 0.6) is 11.6 Å². The monoisotopic (exact) mass is 339 g/mol. The van der Waals surface area contributed by atoms with Crippen LogP contribution in [0.15, 0.2) is 36.5 Å². The van der Waals surface area contributed by atoms with Crippen LogP contribution in [0.4, 0.5) is 5.69 Å². The summed E-state index contributed by atoms with van der Waals surface area (Å²) >= 11 is 0. The van der Waals surface area contributed by atoms with Crippen LogP contribution in [0.1, 0.15) is 30.4 Å². The van der Waals surface area contributed by atoms with E-state index in [9.17, 15) is 4.79 Å². The van der Waals surface area contributed by atoms with Gasteiger partial charge in [-0.25, -0.2) is 4.98 Å². The Labute approximate surface area is 148 Å². The molecule has 2 heterocycles. The minimum Gasteiger partial charge on any atom is -0.437 e. The molecule has 0 bridgehead atoms. The Balaban J connectivity index is 1.66. The second-order valence-electron chi connectivity index (χ2n) is 6.60. The van der Waals surface area contributed by atoms with E-state index >= 15 is 0 Å². The van der Waals surface area contributed by atoms with E-state index < -0.39 is 0 Å². The molecule has 25 heavy (non-hydrogen) atoms. The fourth-order valence-electron chi connectivity index (χ4n) is 3.01. The van der Waals surface area contributed by atoms with Crippen LogP contribution in [-0.4, -0.2) is 24.0 Å². The molecule has 1 amide bonds. The summed E-state index contributed by atoms with van der Waals surface area (Å²) < 4.78 is 5.96. The first-order valence-corrected chi connectivity index (χ1v) is 8.83. The largest absolute Gasteiger partial charge is 0.437 e. The van der Waals surface area contributed by atoms with Gasteiger partial charge >= 0.3 is 0 Å². The number of pyridine rings is 1. The van der Waals surface area contributed by atoms with Crippen LogP contribution >= 0.6 is 0 Å². The van der Waals surface area contributed by atoms with Crippen molar-refractivity contribution in [2.75, 3.05) is 18.4 Å². The second-order valence-corrected chi connectivity index (χ2v) is 6.60. The molecule has 1 saturated heterocycles. The Morgan fingerprint density at radius 3 is 3.00 bits per heavy atom. The lowest BCUT2D eigenvalue weighted by molar-refractivity contribution is -0.116. The van der Waals surface area contributed by atoms with Gasteiger partial charge in [0.25, 0.3) is 0 Å². The average Bonchev–Trinajstić information content (AvgIpc) is 3.12. The van der Waals surface area contributed by atoms with Crippen LogP contribution < -0.4 is 15.4 Å². The number of hydrogen-bond acceptors (Lipinski definition) is 4. The van der Waals surface area contributed by atoms with Crippen LogP contribution in [0.25, 0.3) is 0 Å². The van der Waals surface area contributed by atoms with E-state index in [1.54, 1.807) is 12.3 Å². The van der Waals surface area contributed by atoms with Crippen molar-refractivity contribution in [1.82, 2.24) is 10.3 Å². The standard InChI is InChI=1S/C20H25N3O2/c1-14-5-3-7-18(15(14)2)25-20-17(6-4-11-22-20)23-19(24)9-8-16-10-12-21-13-16/h3-7,11,16,21H,8-10,12-13H2,1-2H3,(H,23,24). The lowest BCUT2D eigenvalue weighted by Crippen LogP contribution is -2.15. The van der Waals surface area contributed by atoms with Crippen molar-refractivity contribution in [3.05, 3.63) is 47.7 Å². The SMILES string of the molecule is Cc1cccc(Oc2ncccc2NC(=O)CCC2CCNC2)c1C. The number of carbonyl (C=O) groups excluding carboxylic acids is 1. The van der Waals surface area contributed by atoms with Crippen LogP contribution in [0, 0.1) is 19.8 Å². The molecule has 1 fully saturated rings. The third-order valence-corrected chi connectivity index (χ3v) is 4.75. The predicted octanol–water partition coefficient (Wildman–Crippen LogP) is 3.82. The van der Waals surface area contributed by atoms with Crippen LogP contribution in [-0.2, 0) is 4.79 Å². The molecule has 2 N–H and O–H groups in total. The van der Waals surface area contributed by atoms with E-state index in [1.165, 1.54) is 0 Å². The molecule has 0 aliphatic carbocycles. The smallest absolute Gasteiger partial charge is 0.243 e. The normalized spacial score (nSPS) is 16.6. The van der Waals surface area contributed by atoms with Crippen molar-refractivity contribution in [3.63, 3.8) is 0 Å². The van der Waals surface area contributed by atoms with Gasteiger partial charge in [-0.1, -0.05) is 12.1 Å². The van der Waals surface area contributed by atoms with Crippen molar-refractivity contribution in [3.8, 4) is 11.6 Å². The molecule has 5 nitrogen and oxygen atoms in total. The van der Waals surface area contributed by atoms with Crippen molar-refractivity contribution in [2.45, 2.75) is 33.1 Å². The highest BCUT2D eigenvalue weighted by molar-refractivity contribution is 5.91. The zero-order valence-electron chi connectivity index (χ0n) is 14.8. The topological polar surface area (TPSA) is 63.2 Å². The molecule has 132 valence electrons. The second kappa shape index (κ2) is 8.12. The number of nitrogens with one attached hydrogen (secondary N) is 2. The van der Waals surface area contributed by atoms with Crippen molar-refractivity contribution in [2.24, 2.45) is 5.92 Å². The van der Waals surface area contributed by atoms with Gasteiger partial charge in [-0.05, 0) is 75.0 Å². The summed E-state index contributed by atoms with van der Waals surface area (Å²) in [5.41, 5.74) is 2.83. The number of amides is 1. The van der Waals surface area contributed by atoms with E-state index in [-0.39, 0.29) is 5.91 Å². The first kappa shape index (κ1) is 17.4. The van der Waals surface area contributed by atoms with Crippen LogP contribution in [0.3, 0.4) is 0 Å².